The lowest BCUT2D eigenvalue weighted by Crippen LogP contribution is -2.43. The van der Waals surface area contributed by atoms with Gasteiger partial charge in [0.05, 0.1) is 0 Å². The fourth-order valence-electron chi connectivity index (χ4n) is 3.49. The van der Waals surface area contributed by atoms with Crippen molar-refractivity contribution in [1.29, 1.82) is 0 Å². The molecule has 0 aromatic heterocycles. The van der Waals surface area contributed by atoms with E-state index in [4.69, 9.17) is 0 Å². The first-order chi connectivity index (χ1) is 7.94. The third-order valence-corrected chi connectivity index (χ3v) is 5.21. The predicted octanol–water partition coefficient (Wildman–Crippen LogP) is 3.93. The van der Waals surface area contributed by atoms with Crippen LogP contribution in [-0.2, 0) is 0 Å². The maximum Gasteiger partial charge on any atom is 0.00967 e. The molecule has 2 aliphatic rings. The molecule has 100 valence electrons. The van der Waals surface area contributed by atoms with Crippen LogP contribution in [0.15, 0.2) is 0 Å². The fourth-order valence-corrected chi connectivity index (χ4v) is 3.92. The van der Waals surface area contributed by atoms with Crippen molar-refractivity contribution < 1.29 is 0 Å². The average Bonchev–Trinajstić information content (AvgIpc) is 2.84. The van der Waals surface area contributed by atoms with E-state index in [9.17, 15) is 0 Å². The summed E-state index contributed by atoms with van der Waals surface area (Å²) < 4.78 is 0. The Morgan fingerprint density at radius 3 is 2.41 bits per heavy atom. The van der Waals surface area contributed by atoms with E-state index < -0.39 is 0 Å². The number of nitrogens with one attached hydrogen (secondary N) is 1. The van der Waals surface area contributed by atoms with Gasteiger partial charge in [-0.2, -0.15) is 11.8 Å². The molecule has 2 aliphatic carbocycles. The molecular formula is C15H29NS. The molecule has 2 heteroatoms. The van der Waals surface area contributed by atoms with Gasteiger partial charge in [-0.25, -0.2) is 0 Å². The lowest BCUT2D eigenvalue weighted by Gasteiger charge is -2.35. The SMILES string of the molecule is CSCCCC1(CNC(C)(C)C)CC2CC2C1. The number of rotatable bonds is 6. The third-order valence-electron chi connectivity index (χ3n) is 4.51. The average molecular weight is 255 g/mol. The predicted molar refractivity (Wildman–Crippen MR) is 78.6 cm³/mol. The van der Waals surface area contributed by atoms with E-state index in [1.54, 1.807) is 6.42 Å². The highest BCUT2D eigenvalue weighted by molar-refractivity contribution is 7.98. The summed E-state index contributed by atoms with van der Waals surface area (Å²) in [5, 5.41) is 3.77. The summed E-state index contributed by atoms with van der Waals surface area (Å²) in [5.41, 5.74) is 0.926. The van der Waals surface area contributed by atoms with Crippen LogP contribution < -0.4 is 5.32 Å². The number of hydrogen-bond acceptors (Lipinski definition) is 2. The second kappa shape index (κ2) is 5.13. The number of fused-ring (bicyclic) bond motifs is 1. The highest BCUT2D eigenvalue weighted by Gasteiger charge is 2.53. The van der Waals surface area contributed by atoms with Crippen molar-refractivity contribution in [2.24, 2.45) is 17.3 Å². The lowest BCUT2D eigenvalue weighted by molar-refractivity contribution is 0.206. The number of thioether (sulfide) groups is 1. The summed E-state index contributed by atoms with van der Waals surface area (Å²) in [5.74, 6) is 3.55. The van der Waals surface area contributed by atoms with E-state index in [1.165, 1.54) is 38.0 Å². The summed E-state index contributed by atoms with van der Waals surface area (Å²) in [6.07, 6.45) is 9.65. The molecule has 0 aromatic carbocycles. The second-order valence-electron chi connectivity index (χ2n) is 7.36. The van der Waals surface area contributed by atoms with Crippen LogP contribution in [0.3, 0.4) is 0 Å². The summed E-state index contributed by atoms with van der Waals surface area (Å²) in [6.45, 7) is 8.12. The molecule has 0 heterocycles. The van der Waals surface area contributed by atoms with Gasteiger partial charge in [-0.15, -0.1) is 0 Å². The van der Waals surface area contributed by atoms with Crippen molar-refractivity contribution in [3.05, 3.63) is 0 Å². The van der Waals surface area contributed by atoms with Gasteiger partial charge in [0.15, 0.2) is 0 Å². The van der Waals surface area contributed by atoms with E-state index in [0.29, 0.717) is 5.41 Å². The quantitative estimate of drug-likeness (QED) is 0.722. The van der Waals surface area contributed by atoms with Gasteiger partial charge < -0.3 is 5.32 Å². The van der Waals surface area contributed by atoms with Gasteiger partial charge in [0.25, 0.3) is 0 Å². The molecule has 2 unspecified atom stereocenters. The Balaban J connectivity index is 1.84. The Labute approximate surface area is 112 Å². The lowest BCUT2D eigenvalue weighted by atomic mass is 9.78. The van der Waals surface area contributed by atoms with Crippen molar-refractivity contribution in [3.8, 4) is 0 Å². The molecule has 0 aliphatic heterocycles. The first-order valence-corrected chi connectivity index (χ1v) is 8.57. The molecule has 0 radical (unpaired) electrons. The number of hydrogen-bond donors (Lipinski definition) is 1. The molecule has 0 bridgehead atoms. The van der Waals surface area contributed by atoms with E-state index in [0.717, 1.165) is 11.8 Å². The van der Waals surface area contributed by atoms with Crippen LogP contribution in [0.4, 0.5) is 0 Å². The normalized spacial score (nSPS) is 36.0. The Kier molecular flexibility index (Phi) is 4.14. The minimum Gasteiger partial charge on any atom is -0.312 e. The Morgan fingerprint density at radius 1 is 1.24 bits per heavy atom. The molecule has 0 spiro atoms. The third kappa shape index (κ3) is 3.89. The standard InChI is InChI=1S/C15H29NS/c1-14(2,3)16-11-15(6-5-7-17-4)9-12-8-13(12)10-15/h12-13,16H,5-11H2,1-4H3. The van der Waals surface area contributed by atoms with Crippen LogP contribution in [0.1, 0.15) is 52.9 Å². The molecule has 2 atom stereocenters. The zero-order chi connectivity index (χ0) is 12.5. The van der Waals surface area contributed by atoms with Crippen molar-refractivity contribution in [1.82, 2.24) is 5.32 Å². The van der Waals surface area contributed by atoms with Crippen LogP contribution in [0.5, 0.6) is 0 Å². The molecule has 1 N–H and O–H groups in total. The topological polar surface area (TPSA) is 12.0 Å². The summed E-state index contributed by atoms with van der Waals surface area (Å²) in [7, 11) is 0. The first kappa shape index (κ1) is 13.7. The van der Waals surface area contributed by atoms with E-state index in [2.05, 4.69) is 32.3 Å². The highest BCUT2D eigenvalue weighted by atomic mass is 32.2. The van der Waals surface area contributed by atoms with Crippen molar-refractivity contribution in [2.45, 2.75) is 58.4 Å². The Bertz CT molecular complexity index is 246. The summed E-state index contributed by atoms with van der Waals surface area (Å²) >= 11 is 2.00. The van der Waals surface area contributed by atoms with E-state index >= 15 is 0 Å². The maximum absolute atomic E-state index is 3.77. The summed E-state index contributed by atoms with van der Waals surface area (Å²) in [6, 6.07) is 0. The minimum atomic E-state index is 0.277. The largest absolute Gasteiger partial charge is 0.312 e. The monoisotopic (exact) mass is 255 g/mol. The molecule has 0 aromatic rings. The second-order valence-corrected chi connectivity index (χ2v) is 8.35. The van der Waals surface area contributed by atoms with Gasteiger partial charge in [-0.05, 0) is 82.1 Å². The zero-order valence-corrected chi connectivity index (χ0v) is 12.8. The highest BCUT2D eigenvalue weighted by Crippen LogP contribution is 2.61. The van der Waals surface area contributed by atoms with Crippen LogP contribution in [0.25, 0.3) is 0 Å². The van der Waals surface area contributed by atoms with Gasteiger partial charge in [0, 0.05) is 12.1 Å². The van der Waals surface area contributed by atoms with Crippen LogP contribution in [-0.4, -0.2) is 24.1 Å². The van der Waals surface area contributed by atoms with E-state index in [1.807, 2.05) is 11.8 Å². The van der Waals surface area contributed by atoms with Crippen LogP contribution in [0, 0.1) is 17.3 Å². The molecule has 0 amide bonds. The molecule has 2 fully saturated rings. The fraction of sp³-hybridized carbons (Fsp3) is 1.00. The zero-order valence-electron chi connectivity index (χ0n) is 12.0. The van der Waals surface area contributed by atoms with Gasteiger partial charge in [-0.1, -0.05) is 0 Å². The van der Waals surface area contributed by atoms with Gasteiger partial charge in [0.1, 0.15) is 0 Å². The Hall–Kier alpha value is 0.310. The summed E-state index contributed by atoms with van der Waals surface area (Å²) in [4.78, 5) is 0. The van der Waals surface area contributed by atoms with Crippen LogP contribution in [0.2, 0.25) is 0 Å². The van der Waals surface area contributed by atoms with Crippen LogP contribution >= 0.6 is 11.8 Å². The molecular weight excluding hydrogens is 226 g/mol. The van der Waals surface area contributed by atoms with Crippen molar-refractivity contribution in [2.75, 3.05) is 18.6 Å². The van der Waals surface area contributed by atoms with Crippen molar-refractivity contribution in [3.63, 3.8) is 0 Å². The molecule has 0 saturated heterocycles. The molecule has 17 heavy (non-hydrogen) atoms. The van der Waals surface area contributed by atoms with Gasteiger partial charge in [0.2, 0.25) is 0 Å². The molecule has 2 saturated carbocycles. The van der Waals surface area contributed by atoms with Gasteiger partial charge in [-0.3, -0.25) is 0 Å². The van der Waals surface area contributed by atoms with Gasteiger partial charge >= 0.3 is 0 Å². The Morgan fingerprint density at radius 2 is 1.88 bits per heavy atom. The van der Waals surface area contributed by atoms with E-state index in [-0.39, 0.29) is 5.54 Å². The molecule has 2 rings (SSSR count). The maximum atomic E-state index is 3.77. The molecule has 1 nitrogen and oxygen atoms in total. The smallest absolute Gasteiger partial charge is 0.00967 e. The minimum absolute atomic E-state index is 0.277. The first-order valence-electron chi connectivity index (χ1n) is 7.18. The van der Waals surface area contributed by atoms with Crippen molar-refractivity contribution >= 4 is 11.8 Å².